The number of benzene rings is 3. The van der Waals surface area contributed by atoms with Crippen LogP contribution in [0.15, 0.2) is 66.5 Å². The van der Waals surface area contributed by atoms with Gasteiger partial charge in [0.05, 0.1) is 27.6 Å². The van der Waals surface area contributed by atoms with Gasteiger partial charge in [0.1, 0.15) is 11.7 Å². The predicted octanol–water partition coefficient (Wildman–Crippen LogP) is 5.44. The number of fused-ring (bicyclic) bond motifs is 2. The Labute approximate surface area is 211 Å². The van der Waals surface area contributed by atoms with E-state index in [0.29, 0.717) is 27.4 Å². The lowest BCUT2D eigenvalue weighted by Crippen LogP contribution is -2.31. The molecule has 3 aromatic carbocycles. The molecule has 1 aromatic heterocycles. The molecule has 5 rings (SSSR count). The number of halogens is 2. The predicted molar refractivity (Wildman–Crippen MR) is 135 cm³/mol. The summed E-state index contributed by atoms with van der Waals surface area (Å²) in [6, 6.07) is 19.0. The van der Waals surface area contributed by atoms with Gasteiger partial charge >= 0.3 is 0 Å². The molecular weight excluding hydrogens is 515 g/mol. The summed E-state index contributed by atoms with van der Waals surface area (Å²) in [4.78, 5) is 1.67. The topological polar surface area (TPSA) is 73.5 Å². The molecular formula is C24H18Cl2N2O4S2. The lowest BCUT2D eigenvalue weighted by atomic mass is 10.1. The van der Waals surface area contributed by atoms with Gasteiger partial charge in [0.2, 0.25) is 11.4 Å². The van der Waals surface area contributed by atoms with E-state index in [1.165, 1.54) is 0 Å². The molecule has 10 heteroatoms. The number of ether oxygens (including phenoxy) is 1. The maximum Gasteiger partial charge on any atom is 0.267 e. The molecule has 1 aliphatic rings. The summed E-state index contributed by atoms with van der Waals surface area (Å²) in [5, 5.41) is 2.07. The zero-order valence-corrected chi connectivity index (χ0v) is 21.0. The summed E-state index contributed by atoms with van der Waals surface area (Å²) in [6.45, 7) is -0.0413. The van der Waals surface area contributed by atoms with E-state index in [2.05, 4.69) is 18.2 Å². The van der Waals surface area contributed by atoms with Crippen LogP contribution in [0.4, 0.5) is 5.69 Å². The molecule has 0 N–H and O–H groups in total. The van der Waals surface area contributed by atoms with Crippen molar-refractivity contribution in [2.24, 2.45) is 7.05 Å². The minimum atomic E-state index is -4.40. The second-order valence-electron chi connectivity index (χ2n) is 7.80. The summed E-state index contributed by atoms with van der Waals surface area (Å²) in [5.74, 6) is 0.427. The number of aryl methyl sites for hydroxylation is 1. The van der Waals surface area contributed by atoms with Crippen molar-refractivity contribution in [1.29, 1.82) is 0 Å². The van der Waals surface area contributed by atoms with Crippen LogP contribution in [0.5, 0.6) is 5.75 Å². The first-order valence-corrected chi connectivity index (χ1v) is 13.4. The average Bonchev–Trinajstić information content (AvgIpc) is 3.28. The molecule has 0 amide bonds. The molecule has 0 saturated carbocycles. The Bertz CT molecular complexity index is 1550. The van der Waals surface area contributed by atoms with E-state index in [4.69, 9.17) is 27.9 Å². The largest absolute Gasteiger partial charge is 0.748 e. The maximum absolute atomic E-state index is 11.3. The van der Waals surface area contributed by atoms with Crippen LogP contribution >= 0.6 is 34.5 Å². The van der Waals surface area contributed by atoms with Gasteiger partial charge in [-0.1, -0.05) is 52.7 Å². The Morgan fingerprint density at radius 2 is 1.74 bits per heavy atom. The van der Waals surface area contributed by atoms with E-state index >= 15 is 0 Å². The molecule has 0 unspecified atom stereocenters. The Balaban J connectivity index is 1.54. The standard InChI is InChI=1S/C24H18Cl2N2O4S2/c1-27-20-12-16(15-2-5-17(25)6-3-15)4-9-22(20)33-24(27)14-23-28(10-11-34(29,30)31)19-13-18(26)7-8-21(19)32-23/h2-9,12-14H,10-11H2,1H3. The molecule has 0 radical (unpaired) electrons. The van der Waals surface area contributed by atoms with Crippen molar-refractivity contribution in [2.45, 2.75) is 0 Å². The number of anilines is 1. The monoisotopic (exact) mass is 532 g/mol. The molecule has 0 spiro atoms. The zero-order valence-electron chi connectivity index (χ0n) is 17.9. The number of hydrogen-bond donors (Lipinski definition) is 0. The molecule has 6 nitrogen and oxygen atoms in total. The van der Waals surface area contributed by atoms with E-state index in [-0.39, 0.29) is 6.54 Å². The SMILES string of the molecule is C[n+]1c(/C=C2\Oc3ccc(Cl)cc3N2CCS(=O)(=O)[O-])sc2ccc(-c3ccc(Cl)cc3)cc21. The van der Waals surface area contributed by atoms with Gasteiger partial charge in [-0.2, -0.15) is 4.57 Å². The van der Waals surface area contributed by atoms with Gasteiger partial charge in [-0.05, 0) is 47.5 Å². The second-order valence-corrected chi connectivity index (χ2v) is 11.3. The molecule has 0 aliphatic carbocycles. The first kappa shape index (κ1) is 23.1. The number of hydrogen-bond acceptors (Lipinski definition) is 6. The van der Waals surface area contributed by atoms with E-state index in [1.54, 1.807) is 34.4 Å². The molecule has 174 valence electrons. The van der Waals surface area contributed by atoms with E-state index in [1.807, 2.05) is 42.0 Å². The smallest absolute Gasteiger partial charge is 0.267 e. The highest BCUT2D eigenvalue weighted by molar-refractivity contribution is 7.85. The summed E-state index contributed by atoms with van der Waals surface area (Å²) in [7, 11) is -2.44. The fraction of sp³-hybridized carbons (Fsp3) is 0.125. The van der Waals surface area contributed by atoms with Gasteiger partial charge in [-0.15, -0.1) is 0 Å². The Kier molecular flexibility index (Phi) is 6.03. The van der Waals surface area contributed by atoms with Gasteiger partial charge in [0.25, 0.3) is 5.01 Å². The lowest BCUT2D eigenvalue weighted by molar-refractivity contribution is -0.642. The molecule has 0 bridgehead atoms. The third-order valence-corrected chi connectivity index (χ3v) is 7.88. The highest BCUT2D eigenvalue weighted by Gasteiger charge is 2.29. The van der Waals surface area contributed by atoms with Crippen LogP contribution in [0, 0.1) is 0 Å². The number of rotatable bonds is 5. The Morgan fingerprint density at radius 1 is 1.03 bits per heavy atom. The number of thiazole rings is 1. The first-order chi connectivity index (χ1) is 16.2. The van der Waals surface area contributed by atoms with Gasteiger partial charge < -0.3 is 14.2 Å². The van der Waals surface area contributed by atoms with Crippen molar-refractivity contribution in [3.63, 3.8) is 0 Å². The van der Waals surface area contributed by atoms with E-state index in [0.717, 1.165) is 26.4 Å². The van der Waals surface area contributed by atoms with Crippen LogP contribution in [-0.2, 0) is 17.2 Å². The fourth-order valence-corrected chi connectivity index (χ4v) is 5.59. The molecule has 34 heavy (non-hydrogen) atoms. The third kappa shape index (κ3) is 4.64. The van der Waals surface area contributed by atoms with Crippen LogP contribution in [0.3, 0.4) is 0 Å². The molecule has 0 fully saturated rings. The number of nitrogens with zero attached hydrogens (tertiary/aromatic N) is 2. The summed E-state index contributed by atoms with van der Waals surface area (Å²) >= 11 is 13.7. The summed E-state index contributed by atoms with van der Waals surface area (Å²) < 4.78 is 43.0. The first-order valence-electron chi connectivity index (χ1n) is 10.3. The van der Waals surface area contributed by atoms with Crippen molar-refractivity contribution in [3.05, 3.63) is 81.6 Å². The molecule has 0 saturated heterocycles. The highest BCUT2D eigenvalue weighted by Crippen LogP contribution is 2.41. The minimum Gasteiger partial charge on any atom is -0.748 e. The Morgan fingerprint density at radius 3 is 2.47 bits per heavy atom. The van der Waals surface area contributed by atoms with Crippen molar-refractivity contribution < 1.29 is 22.3 Å². The number of aromatic nitrogens is 1. The van der Waals surface area contributed by atoms with Crippen LogP contribution in [-0.4, -0.2) is 25.3 Å². The second kappa shape index (κ2) is 8.87. The van der Waals surface area contributed by atoms with E-state index < -0.39 is 15.9 Å². The fourth-order valence-electron chi connectivity index (χ4n) is 3.83. The highest BCUT2D eigenvalue weighted by atomic mass is 35.5. The van der Waals surface area contributed by atoms with Crippen LogP contribution in [0.2, 0.25) is 10.0 Å². The van der Waals surface area contributed by atoms with Crippen molar-refractivity contribution >= 4 is 66.6 Å². The quantitative estimate of drug-likeness (QED) is 0.252. The van der Waals surface area contributed by atoms with Crippen molar-refractivity contribution in [3.8, 4) is 16.9 Å². The van der Waals surface area contributed by atoms with Crippen molar-refractivity contribution in [1.82, 2.24) is 0 Å². The average molecular weight is 533 g/mol. The molecule has 0 atom stereocenters. The molecule has 2 heterocycles. The van der Waals surface area contributed by atoms with Gasteiger partial charge in [0, 0.05) is 22.7 Å². The van der Waals surface area contributed by atoms with Crippen molar-refractivity contribution in [2.75, 3.05) is 17.2 Å². The maximum atomic E-state index is 11.3. The third-order valence-electron chi connectivity index (χ3n) is 5.55. The molecule has 4 aromatic rings. The van der Waals surface area contributed by atoms with Crippen LogP contribution in [0.1, 0.15) is 5.01 Å². The lowest BCUT2D eigenvalue weighted by Gasteiger charge is -2.19. The normalized spacial score (nSPS) is 14.6. The van der Waals surface area contributed by atoms with Gasteiger partial charge in [-0.3, -0.25) is 0 Å². The van der Waals surface area contributed by atoms with Crippen LogP contribution < -0.4 is 14.2 Å². The molecule has 1 aliphatic heterocycles. The van der Waals surface area contributed by atoms with Gasteiger partial charge in [-0.25, -0.2) is 8.42 Å². The summed E-state index contributed by atoms with van der Waals surface area (Å²) in [6.07, 6.45) is 1.85. The Hall–Kier alpha value is -2.62. The zero-order chi connectivity index (χ0) is 24.0. The summed E-state index contributed by atoms with van der Waals surface area (Å²) in [5.41, 5.74) is 3.79. The minimum absolute atomic E-state index is 0.0413. The van der Waals surface area contributed by atoms with Crippen LogP contribution in [0.25, 0.3) is 27.4 Å². The van der Waals surface area contributed by atoms with Gasteiger partial charge in [0.15, 0.2) is 5.75 Å². The van der Waals surface area contributed by atoms with E-state index in [9.17, 15) is 13.0 Å².